The molecule has 0 aliphatic rings. The summed E-state index contributed by atoms with van der Waals surface area (Å²) >= 11 is 0. The van der Waals surface area contributed by atoms with E-state index in [9.17, 15) is 26.3 Å². The summed E-state index contributed by atoms with van der Waals surface area (Å²) < 4.78 is 77.8. The van der Waals surface area contributed by atoms with Gasteiger partial charge in [-0.05, 0) is 25.2 Å². The topological polar surface area (TPSA) is 57.9 Å². The normalized spacial score (nSPS) is 12.8. The first-order valence-electron chi connectivity index (χ1n) is 7.23. The van der Waals surface area contributed by atoms with E-state index in [-0.39, 0.29) is 23.9 Å². The van der Waals surface area contributed by atoms with Crippen LogP contribution in [-0.2, 0) is 18.9 Å². The Morgan fingerprint density at radius 1 is 1.04 bits per heavy atom. The molecule has 0 fully saturated rings. The molecule has 1 aromatic carbocycles. The minimum atomic E-state index is -4.90. The van der Waals surface area contributed by atoms with E-state index in [2.05, 4.69) is 10.2 Å². The van der Waals surface area contributed by atoms with Crippen molar-refractivity contribution in [2.75, 3.05) is 20.1 Å². The number of aromatic amines is 1. The van der Waals surface area contributed by atoms with Crippen LogP contribution in [0.25, 0.3) is 11.3 Å². The summed E-state index contributed by atoms with van der Waals surface area (Å²) in [7, 11) is 1.73. The van der Waals surface area contributed by atoms with Gasteiger partial charge in [0.15, 0.2) is 0 Å². The number of nitrogens with zero attached hydrogens (tertiary/aromatic N) is 2. The lowest BCUT2D eigenvalue weighted by Crippen LogP contribution is -2.25. The highest BCUT2D eigenvalue weighted by atomic mass is 19.4. The molecule has 0 amide bonds. The number of aromatic nitrogens is 2. The zero-order chi connectivity index (χ0) is 18.8. The number of hydrogen-bond acceptors (Lipinski definition) is 3. The van der Waals surface area contributed by atoms with Crippen LogP contribution in [0.1, 0.15) is 16.7 Å². The van der Waals surface area contributed by atoms with Crippen LogP contribution in [0.15, 0.2) is 24.4 Å². The second-order valence-electron chi connectivity index (χ2n) is 5.59. The van der Waals surface area contributed by atoms with Gasteiger partial charge in [-0.2, -0.15) is 31.4 Å². The van der Waals surface area contributed by atoms with E-state index in [1.807, 2.05) is 0 Å². The van der Waals surface area contributed by atoms with E-state index in [0.29, 0.717) is 30.8 Å². The van der Waals surface area contributed by atoms with Crippen LogP contribution in [0.3, 0.4) is 0 Å². The first kappa shape index (κ1) is 19.3. The Bertz CT molecular complexity index is 687. The zero-order valence-electron chi connectivity index (χ0n) is 13.2. The first-order valence-corrected chi connectivity index (χ1v) is 7.23. The van der Waals surface area contributed by atoms with Gasteiger partial charge < -0.3 is 10.6 Å². The number of H-pyrrole nitrogens is 1. The summed E-state index contributed by atoms with van der Waals surface area (Å²) in [6.45, 7) is 1.16. The fourth-order valence-electron chi connectivity index (χ4n) is 2.37. The first-order chi connectivity index (χ1) is 11.5. The molecule has 0 radical (unpaired) electrons. The molecule has 10 heteroatoms. The Kier molecular flexibility index (Phi) is 5.43. The smallest absolute Gasteiger partial charge is 0.329 e. The van der Waals surface area contributed by atoms with Gasteiger partial charge in [0, 0.05) is 30.8 Å². The monoisotopic (exact) mass is 366 g/mol. The van der Waals surface area contributed by atoms with Gasteiger partial charge in [-0.3, -0.25) is 5.10 Å². The third-order valence-corrected chi connectivity index (χ3v) is 3.55. The molecule has 4 nitrogen and oxygen atoms in total. The van der Waals surface area contributed by atoms with E-state index >= 15 is 0 Å². The van der Waals surface area contributed by atoms with Crippen molar-refractivity contribution in [1.82, 2.24) is 15.1 Å². The van der Waals surface area contributed by atoms with Crippen molar-refractivity contribution < 1.29 is 26.3 Å². The van der Waals surface area contributed by atoms with Gasteiger partial charge in [0.25, 0.3) is 0 Å². The number of nitrogens with one attached hydrogen (secondary N) is 1. The predicted octanol–water partition coefficient (Wildman–Crippen LogP) is 3.50. The van der Waals surface area contributed by atoms with Crippen LogP contribution < -0.4 is 5.73 Å². The second kappa shape index (κ2) is 7.04. The Balaban J connectivity index is 2.51. The molecule has 138 valence electrons. The minimum Gasteiger partial charge on any atom is -0.329 e. The summed E-state index contributed by atoms with van der Waals surface area (Å²) in [6, 6.07) is 1.45. The molecule has 0 saturated heterocycles. The maximum absolute atomic E-state index is 13.0. The molecule has 0 unspecified atom stereocenters. The fourth-order valence-corrected chi connectivity index (χ4v) is 2.37. The van der Waals surface area contributed by atoms with Gasteiger partial charge in [-0.15, -0.1) is 0 Å². The number of hydrogen-bond donors (Lipinski definition) is 2. The third-order valence-electron chi connectivity index (χ3n) is 3.55. The van der Waals surface area contributed by atoms with Crippen LogP contribution in [0, 0.1) is 0 Å². The predicted molar refractivity (Wildman–Crippen MR) is 79.4 cm³/mol. The van der Waals surface area contributed by atoms with E-state index in [0.717, 1.165) is 0 Å². The molecule has 1 aromatic heterocycles. The number of rotatable bonds is 5. The van der Waals surface area contributed by atoms with Crippen LogP contribution in [0.4, 0.5) is 26.3 Å². The summed E-state index contributed by atoms with van der Waals surface area (Å²) in [4.78, 5) is 1.78. The molecule has 0 aliphatic carbocycles. The van der Waals surface area contributed by atoms with Gasteiger partial charge in [0.2, 0.25) is 0 Å². The largest absolute Gasteiger partial charge is 0.416 e. The molecule has 2 rings (SSSR count). The van der Waals surface area contributed by atoms with Crippen LogP contribution in [-0.4, -0.2) is 35.2 Å². The van der Waals surface area contributed by atoms with Crippen molar-refractivity contribution in [3.05, 3.63) is 41.1 Å². The molecule has 2 aromatic rings. The Morgan fingerprint density at radius 3 is 2.08 bits per heavy atom. The van der Waals surface area contributed by atoms with Crippen molar-refractivity contribution >= 4 is 0 Å². The highest BCUT2D eigenvalue weighted by Gasteiger charge is 2.37. The van der Waals surface area contributed by atoms with Crippen molar-refractivity contribution in [3.63, 3.8) is 0 Å². The number of alkyl halides is 6. The van der Waals surface area contributed by atoms with E-state index in [1.54, 1.807) is 11.9 Å². The lowest BCUT2D eigenvalue weighted by Gasteiger charge is -2.17. The van der Waals surface area contributed by atoms with Crippen LogP contribution in [0.5, 0.6) is 0 Å². The fraction of sp³-hybridized carbons (Fsp3) is 0.400. The van der Waals surface area contributed by atoms with Crippen LogP contribution >= 0.6 is 0 Å². The van der Waals surface area contributed by atoms with Crippen LogP contribution in [0.2, 0.25) is 0 Å². The average Bonchev–Trinajstić information content (AvgIpc) is 2.93. The van der Waals surface area contributed by atoms with Gasteiger partial charge >= 0.3 is 12.4 Å². The Hall–Kier alpha value is -2.07. The summed E-state index contributed by atoms with van der Waals surface area (Å²) in [5.74, 6) is 0. The van der Waals surface area contributed by atoms with Crippen molar-refractivity contribution in [2.24, 2.45) is 5.73 Å². The Morgan fingerprint density at radius 2 is 1.60 bits per heavy atom. The zero-order valence-corrected chi connectivity index (χ0v) is 13.2. The standard InChI is InChI=1S/C15H16F6N4/c1-25(3-2-22)8-10-7-23-24-13(10)9-4-11(14(16,17)18)6-12(5-9)15(19,20)21/h4-7H,2-3,8,22H2,1H3,(H,23,24). The summed E-state index contributed by atoms with van der Waals surface area (Å²) in [5, 5.41) is 6.23. The average molecular weight is 366 g/mol. The second-order valence-corrected chi connectivity index (χ2v) is 5.59. The molecule has 3 N–H and O–H groups in total. The van der Waals surface area contributed by atoms with Crippen molar-refractivity contribution in [3.8, 4) is 11.3 Å². The SMILES string of the molecule is CN(CCN)Cc1cn[nH]c1-c1cc(C(F)(F)F)cc(C(F)(F)F)c1. The molecular formula is C15H16F6N4. The van der Waals surface area contributed by atoms with Crippen molar-refractivity contribution in [1.29, 1.82) is 0 Å². The molecule has 0 saturated carbocycles. The molecule has 25 heavy (non-hydrogen) atoms. The number of benzene rings is 1. The molecule has 1 heterocycles. The maximum atomic E-state index is 13.0. The maximum Gasteiger partial charge on any atom is 0.416 e. The van der Waals surface area contributed by atoms with Gasteiger partial charge in [-0.25, -0.2) is 0 Å². The quantitative estimate of drug-likeness (QED) is 0.797. The summed E-state index contributed by atoms with van der Waals surface area (Å²) in [5.41, 5.74) is 3.05. The van der Waals surface area contributed by atoms with E-state index < -0.39 is 23.5 Å². The summed E-state index contributed by atoms with van der Waals surface area (Å²) in [6.07, 6.45) is -8.42. The van der Waals surface area contributed by atoms with E-state index in [4.69, 9.17) is 5.73 Å². The molecule has 0 atom stereocenters. The molecule has 0 spiro atoms. The lowest BCUT2D eigenvalue weighted by molar-refractivity contribution is -0.143. The highest BCUT2D eigenvalue weighted by Crippen LogP contribution is 2.38. The third kappa shape index (κ3) is 4.73. The molecule has 0 aliphatic heterocycles. The van der Waals surface area contributed by atoms with Gasteiger partial charge in [0.1, 0.15) is 0 Å². The van der Waals surface area contributed by atoms with Crippen molar-refractivity contribution in [2.45, 2.75) is 18.9 Å². The number of halogens is 6. The lowest BCUT2D eigenvalue weighted by atomic mass is 10.0. The Labute approximate surface area is 139 Å². The number of nitrogens with two attached hydrogens (primary N) is 1. The molecule has 0 bridgehead atoms. The highest BCUT2D eigenvalue weighted by molar-refractivity contribution is 5.65. The van der Waals surface area contributed by atoms with Gasteiger partial charge in [-0.1, -0.05) is 0 Å². The minimum absolute atomic E-state index is 0.0973. The van der Waals surface area contributed by atoms with E-state index in [1.165, 1.54) is 6.20 Å². The molecular weight excluding hydrogens is 350 g/mol. The number of likely N-dealkylation sites (N-methyl/N-ethyl adjacent to an activating group) is 1. The van der Waals surface area contributed by atoms with Gasteiger partial charge in [0.05, 0.1) is 23.0 Å².